The number of nitriles is 1. The fourth-order valence-electron chi connectivity index (χ4n) is 5.07. The Hall–Kier alpha value is -2.24. The smallest absolute Gasteiger partial charge is 0.237 e. The number of hydrogen-bond donors (Lipinski definition) is 3. The van der Waals surface area contributed by atoms with Crippen LogP contribution in [0.5, 0.6) is 0 Å². The fraction of sp³-hybridized carbons (Fsp3) is 0.481. The topological polar surface area (TPSA) is 85.2 Å². The van der Waals surface area contributed by atoms with Crippen LogP contribution in [0.15, 0.2) is 36.4 Å². The number of aliphatic hydroxyl groups is 1. The molecule has 3 rings (SSSR count). The molecule has 1 amide bonds. The van der Waals surface area contributed by atoms with E-state index in [1.165, 1.54) is 24.3 Å². The van der Waals surface area contributed by atoms with Crippen molar-refractivity contribution in [1.29, 1.82) is 5.26 Å². The SMILES string of the molecule is CC(C)(C)C[C@H]1NC(C(=O)NCCCCO)[C@@H](c2cccc(Cl)c2F)C1(C#N)c1ccc(Cl)c(F)c1. The molecule has 3 N–H and O–H groups in total. The van der Waals surface area contributed by atoms with Gasteiger partial charge in [-0.1, -0.05) is 62.2 Å². The van der Waals surface area contributed by atoms with Gasteiger partial charge in [0, 0.05) is 25.1 Å². The zero-order valence-electron chi connectivity index (χ0n) is 20.5. The lowest BCUT2D eigenvalue weighted by atomic mass is 9.63. The normalized spacial score (nSPS) is 23.9. The Morgan fingerprint density at radius 3 is 2.53 bits per heavy atom. The number of benzene rings is 2. The zero-order valence-corrected chi connectivity index (χ0v) is 22.1. The number of unbranched alkanes of at least 4 members (excludes halogenated alkanes) is 1. The third-order valence-corrected chi connectivity index (χ3v) is 7.23. The molecular weight excluding hydrogens is 507 g/mol. The first-order valence-corrected chi connectivity index (χ1v) is 12.7. The Morgan fingerprint density at radius 1 is 1.19 bits per heavy atom. The number of hydrogen-bond acceptors (Lipinski definition) is 4. The highest BCUT2D eigenvalue weighted by molar-refractivity contribution is 6.31. The van der Waals surface area contributed by atoms with Crippen LogP contribution in [0.3, 0.4) is 0 Å². The lowest BCUT2D eigenvalue weighted by Gasteiger charge is -2.37. The molecule has 0 saturated carbocycles. The average Bonchev–Trinajstić information content (AvgIpc) is 3.13. The Kier molecular flexibility index (Phi) is 9.00. The van der Waals surface area contributed by atoms with Crippen LogP contribution in [0.2, 0.25) is 10.0 Å². The first-order chi connectivity index (χ1) is 17.0. The molecule has 1 saturated heterocycles. The summed E-state index contributed by atoms with van der Waals surface area (Å²) in [5, 5.41) is 25.7. The van der Waals surface area contributed by atoms with E-state index in [-0.39, 0.29) is 27.6 Å². The molecule has 0 spiro atoms. The fourth-order valence-corrected chi connectivity index (χ4v) is 5.37. The molecule has 36 heavy (non-hydrogen) atoms. The van der Waals surface area contributed by atoms with Crippen molar-refractivity contribution in [3.63, 3.8) is 0 Å². The van der Waals surface area contributed by atoms with E-state index in [2.05, 4.69) is 16.7 Å². The van der Waals surface area contributed by atoms with Gasteiger partial charge in [0.1, 0.15) is 17.0 Å². The van der Waals surface area contributed by atoms with Crippen molar-refractivity contribution in [2.45, 2.75) is 63.5 Å². The monoisotopic (exact) mass is 537 g/mol. The maximum atomic E-state index is 15.5. The van der Waals surface area contributed by atoms with Gasteiger partial charge < -0.3 is 15.7 Å². The molecular formula is C27H31Cl2F2N3O2. The highest BCUT2D eigenvalue weighted by Gasteiger charge is 2.60. The molecule has 2 unspecified atom stereocenters. The number of amides is 1. The van der Waals surface area contributed by atoms with Crippen LogP contribution in [0.25, 0.3) is 0 Å². The zero-order chi connectivity index (χ0) is 26.7. The third-order valence-electron chi connectivity index (χ3n) is 6.64. The number of halogens is 4. The van der Waals surface area contributed by atoms with E-state index in [9.17, 15) is 14.4 Å². The van der Waals surface area contributed by atoms with E-state index in [4.69, 9.17) is 28.3 Å². The number of rotatable bonds is 8. The molecule has 0 radical (unpaired) electrons. The molecule has 1 aliphatic rings. The summed E-state index contributed by atoms with van der Waals surface area (Å²) >= 11 is 12.1. The van der Waals surface area contributed by atoms with Crippen molar-refractivity contribution in [3.05, 3.63) is 69.2 Å². The van der Waals surface area contributed by atoms with Gasteiger partial charge in [-0.3, -0.25) is 4.79 Å². The maximum absolute atomic E-state index is 15.5. The maximum Gasteiger partial charge on any atom is 0.237 e. The summed E-state index contributed by atoms with van der Waals surface area (Å²) in [6.45, 7) is 6.30. The van der Waals surface area contributed by atoms with Crippen LogP contribution in [-0.4, -0.2) is 36.2 Å². The second kappa shape index (κ2) is 11.4. The number of aliphatic hydroxyl groups excluding tert-OH is 1. The van der Waals surface area contributed by atoms with E-state index in [0.717, 1.165) is 0 Å². The quantitative estimate of drug-likeness (QED) is 0.389. The van der Waals surface area contributed by atoms with Crippen LogP contribution < -0.4 is 10.6 Å². The van der Waals surface area contributed by atoms with Crippen LogP contribution in [-0.2, 0) is 10.2 Å². The predicted octanol–water partition coefficient (Wildman–Crippen LogP) is 5.48. The summed E-state index contributed by atoms with van der Waals surface area (Å²) in [5.74, 6) is -2.87. The van der Waals surface area contributed by atoms with E-state index < -0.39 is 41.0 Å². The first kappa shape index (κ1) is 28.3. The molecule has 0 aliphatic carbocycles. The standard InChI is InChI=1S/C27H31Cl2F2N3O2/c1-26(2,3)14-21-27(15-32,16-9-10-18(28)20(30)13-16)22(17-7-6-8-19(29)23(17)31)24(34-21)25(36)33-11-4-5-12-35/h6-10,13,21-22,24,34-35H,4-5,11-12,14H2,1-3H3,(H,33,36)/t21-,22-,24?,27?/m1/s1. The molecule has 2 aromatic rings. The lowest BCUT2D eigenvalue weighted by molar-refractivity contribution is -0.123. The van der Waals surface area contributed by atoms with Gasteiger partial charge in [-0.25, -0.2) is 8.78 Å². The van der Waals surface area contributed by atoms with Gasteiger partial charge in [0.05, 0.1) is 22.2 Å². The molecule has 1 heterocycles. The first-order valence-electron chi connectivity index (χ1n) is 11.9. The molecule has 1 fully saturated rings. The average molecular weight is 538 g/mol. The van der Waals surface area contributed by atoms with Gasteiger partial charge in [-0.05, 0) is 54.0 Å². The van der Waals surface area contributed by atoms with Gasteiger partial charge in [0.15, 0.2) is 0 Å². The Balaban J connectivity index is 2.24. The van der Waals surface area contributed by atoms with E-state index in [1.807, 2.05) is 20.8 Å². The van der Waals surface area contributed by atoms with E-state index in [1.54, 1.807) is 12.1 Å². The van der Waals surface area contributed by atoms with Gasteiger partial charge in [0.25, 0.3) is 0 Å². The molecule has 4 atom stereocenters. The molecule has 0 aromatic heterocycles. The van der Waals surface area contributed by atoms with E-state index >= 15 is 4.39 Å². The second-order valence-corrected chi connectivity index (χ2v) is 11.2. The Bertz CT molecular complexity index is 1150. The van der Waals surface area contributed by atoms with Crippen LogP contribution in [0, 0.1) is 28.4 Å². The van der Waals surface area contributed by atoms with Crippen LogP contribution in [0.4, 0.5) is 8.78 Å². The van der Waals surface area contributed by atoms with Crippen molar-refractivity contribution >= 4 is 29.1 Å². The number of nitrogens with one attached hydrogen (secondary N) is 2. The van der Waals surface area contributed by atoms with Gasteiger partial charge in [-0.15, -0.1) is 0 Å². The summed E-state index contributed by atoms with van der Waals surface area (Å²) in [5.41, 5.74) is -1.40. The largest absolute Gasteiger partial charge is 0.396 e. The molecule has 5 nitrogen and oxygen atoms in total. The predicted molar refractivity (Wildman–Crippen MR) is 137 cm³/mol. The van der Waals surface area contributed by atoms with E-state index in [0.29, 0.717) is 31.4 Å². The lowest BCUT2D eigenvalue weighted by Crippen LogP contribution is -2.45. The van der Waals surface area contributed by atoms with Crippen molar-refractivity contribution in [3.8, 4) is 6.07 Å². The van der Waals surface area contributed by atoms with Gasteiger partial charge >= 0.3 is 0 Å². The molecule has 0 bridgehead atoms. The number of carbonyl (C=O) groups excluding carboxylic acids is 1. The van der Waals surface area contributed by atoms with Gasteiger partial charge in [0.2, 0.25) is 5.91 Å². The summed E-state index contributed by atoms with van der Waals surface area (Å²) in [6.07, 6.45) is 1.52. The Morgan fingerprint density at radius 2 is 1.92 bits per heavy atom. The van der Waals surface area contributed by atoms with Crippen LogP contribution in [0.1, 0.15) is 57.1 Å². The summed E-state index contributed by atoms with van der Waals surface area (Å²) in [6, 6.07) is 9.35. The Labute approximate surface area is 220 Å². The molecule has 9 heteroatoms. The van der Waals surface area contributed by atoms with Crippen LogP contribution >= 0.6 is 23.2 Å². The molecule has 1 aliphatic heterocycles. The van der Waals surface area contributed by atoms with Crippen molar-refractivity contribution < 1.29 is 18.7 Å². The summed E-state index contributed by atoms with van der Waals surface area (Å²) in [7, 11) is 0. The second-order valence-electron chi connectivity index (χ2n) is 10.4. The molecule has 194 valence electrons. The van der Waals surface area contributed by atoms with Crippen molar-refractivity contribution in [2.24, 2.45) is 5.41 Å². The third kappa shape index (κ3) is 5.68. The number of carbonyl (C=O) groups is 1. The summed E-state index contributed by atoms with van der Waals surface area (Å²) in [4.78, 5) is 13.5. The van der Waals surface area contributed by atoms with Crippen molar-refractivity contribution in [1.82, 2.24) is 10.6 Å². The highest BCUT2D eigenvalue weighted by atomic mass is 35.5. The van der Waals surface area contributed by atoms with Gasteiger partial charge in [-0.2, -0.15) is 5.26 Å². The minimum absolute atomic E-state index is 0.00122. The number of nitrogens with zero attached hydrogens (tertiary/aromatic N) is 1. The minimum Gasteiger partial charge on any atom is -0.396 e. The van der Waals surface area contributed by atoms with Crippen molar-refractivity contribution in [2.75, 3.05) is 13.2 Å². The highest BCUT2D eigenvalue weighted by Crippen LogP contribution is 2.52. The molecule has 2 aromatic carbocycles. The summed E-state index contributed by atoms with van der Waals surface area (Å²) < 4.78 is 30.2. The minimum atomic E-state index is -1.52.